The van der Waals surface area contributed by atoms with E-state index in [1.54, 1.807) is 6.92 Å². The highest BCUT2D eigenvalue weighted by Crippen LogP contribution is 2.36. The molecule has 1 saturated carbocycles. The number of carbonyl (C=O) groups excluding carboxylic acids is 1. The maximum absolute atomic E-state index is 11.1. The molecule has 23 heavy (non-hydrogen) atoms. The third-order valence-electron chi connectivity index (χ3n) is 5.28. The van der Waals surface area contributed by atoms with Gasteiger partial charge in [0, 0.05) is 13.0 Å². The first-order valence-electron chi connectivity index (χ1n) is 9.20. The third-order valence-corrected chi connectivity index (χ3v) is 5.28. The molecule has 4 nitrogen and oxygen atoms in total. The van der Waals surface area contributed by atoms with Crippen molar-refractivity contribution in [3.8, 4) is 0 Å². The van der Waals surface area contributed by atoms with E-state index in [1.165, 1.54) is 63.6 Å². The Labute approximate surface area is 139 Å². The summed E-state index contributed by atoms with van der Waals surface area (Å²) in [6, 6.07) is 7.46. The van der Waals surface area contributed by atoms with Crippen molar-refractivity contribution in [1.82, 2.24) is 15.2 Å². The summed E-state index contributed by atoms with van der Waals surface area (Å²) in [6.07, 6.45) is 10.8. The lowest BCUT2D eigenvalue weighted by atomic mass is 10.0. The molecule has 0 bridgehead atoms. The summed E-state index contributed by atoms with van der Waals surface area (Å²) in [5.74, 6) is -0.00171. The lowest BCUT2D eigenvalue weighted by Crippen LogP contribution is -2.35. The Kier molecular flexibility index (Phi) is 5.65. The van der Waals surface area contributed by atoms with Crippen LogP contribution in [0.2, 0.25) is 0 Å². The van der Waals surface area contributed by atoms with Crippen LogP contribution >= 0.6 is 0 Å². The minimum atomic E-state index is -0.00171. The third kappa shape index (κ3) is 4.31. The molecule has 0 aromatic carbocycles. The second kappa shape index (κ2) is 7.91. The summed E-state index contributed by atoms with van der Waals surface area (Å²) in [5, 5.41) is 2.85. The Morgan fingerprint density at radius 2 is 1.96 bits per heavy atom. The van der Waals surface area contributed by atoms with Gasteiger partial charge >= 0.3 is 0 Å². The standard InChI is InChI=1S/C19H29N3O/c1-15(23)20-14-16-8-6-11-18(21-16)19-12-7-13-22(19)17-9-4-2-3-5-10-17/h6,8,11,17,19H,2-5,7,9-10,12-14H2,1H3,(H,20,23)/t19-/m0/s1. The zero-order chi connectivity index (χ0) is 16.1. The van der Waals surface area contributed by atoms with E-state index in [9.17, 15) is 4.79 Å². The van der Waals surface area contributed by atoms with Crippen molar-refractivity contribution in [3.05, 3.63) is 29.6 Å². The molecular formula is C19H29N3O. The van der Waals surface area contributed by atoms with Gasteiger partial charge in [-0.1, -0.05) is 31.7 Å². The predicted molar refractivity (Wildman–Crippen MR) is 91.9 cm³/mol. The van der Waals surface area contributed by atoms with Gasteiger partial charge in [-0.3, -0.25) is 14.7 Å². The number of aromatic nitrogens is 1. The van der Waals surface area contributed by atoms with Gasteiger partial charge in [-0.05, 0) is 44.4 Å². The number of likely N-dealkylation sites (tertiary alicyclic amines) is 1. The van der Waals surface area contributed by atoms with Crippen molar-refractivity contribution in [2.75, 3.05) is 6.54 Å². The normalized spacial score (nSPS) is 23.6. The lowest BCUT2D eigenvalue weighted by Gasteiger charge is -2.32. The molecule has 3 rings (SSSR count). The molecule has 4 heteroatoms. The smallest absolute Gasteiger partial charge is 0.217 e. The van der Waals surface area contributed by atoms with Crippen LogP contribution in [-0.4, -0.2) is 28.4 Å². The minimum Gasteiger partial charge on any atom is -0.351 e. The number of hydrogen-bond acceptors (Lipinski definition) is 3. The number of carbonyl (C=O) groups is 1. The largest absolute Gasteiger partial charge is 0.351 e. The molecule has 1 atom stereocenters. The maximum atomic E-state index is 11.1. The molecular weight excluding hydrogens is 286 g/mol. The molecule has 0 radical (unpaired) electrons. The molecule has 1 aromatic rings. The van der Waals surface area contributed by atoms with Gasteiger partial charge in [0.1, 0.15) is 0 Å². The van der Waals surface area contributed by atoms with E-state index >= 15 is 0 Å². The van der Waals surface area contributed by atoms with Crippen molar-refractivity contribution < 1.29 is 4.79 Å². The highest BCUT2D eigenvalue weighted by Gasteiger charge is 2.32. The molecule has 2 aliphatic rings. The molecule has 2 fully saturated rings. The fourth-order valence-electron chi connectivity index (χ4n) is 4.13. The first-order valence-corrected chi connectivity index (χ1v) is 9.20. The summed E-state index contributed by atoms with van der Waals surface area (Å²) in [6.45, 7) is 3.29. The molecule has 1 aliphatic carbocycles. The molecule has 1 aromatic heterocycles. The van der Waals surface area contributed by atoms with E-state index < -0.39 is 0 Å². The molecule has 126 valence electrons. The van der Waals surface area contributed by atoms with E-state index in [2.05, 4.69) is 22.3 Å². The molecule has 1 amide bonds. The Morgan fingerprint density at radius 1 is 1.17 bits per heavy atom. The first-order chi connectivity index (χ1) is 11.2. The second-order valence-electron chi connectivity index (χ2n) is 7.00. The Morgan fingerprint density at radius 3 is 2.70 bits per heavy atom. The number of rotatable bonds is 4. The van der Waals surface area contributed by atoms with Crippen molar-refractivity contribution in [1.29, 1.82) is 0 Å². The van der Waals surface area contributed by atoms with Crippen LogP contribution < -0.4 is 5.32 Å². The summed E-state index contributed by atoms with van der Waals surface area (Å²) in [5.41, 5.74) is 2.15. The number of pyridine rings is 1. The molecule has 0 unspecified atom stereocenters. The summed E-state index contributed by atoms with van der Waals surface area (Å²) in [7, 11) is 0. The molecule has 1 saturated heterocycles. The number of amides is 1. The van der Waals surface area contributed by atoms with E-state index in [0.29, 0.717) is 12.6 Å². The minimum absolute atomic E-state index is 0.00171. The average Bonchev–Trinajstić information content (AvgIpc) is 2.89. The van der Waals surface area contributed by atoms with Crippen LogP contribution in [0.15, 0.2) is 18.2 Å². The van der Waals surface area contributed by atoms with E-state index in [-0.39, 0.29) is 5.91 Å². The Balaban J connectivity index is 1.71. The van der Waals surface area contributed by atoms with Crippen molar-refractivity contribution in [2.24, 2.45) is 0 Å². The van der Waals surface area contributed by atoms with Gasteiger partial charge in [0.25, 0.3) is 0 Å². The summed E-state index contributed by atoms with van der Waals surface area (Å²) in [4.78, 5) is 18.7. The van der Waals surface area contributed by atoms with Gasteiger partial charge in [0.05, 0.1) is 24.0 Å². The highest BCUT2D eigenvalue weighted by atomic mass is 16.1. The van der Waals surface area contributed by atoms with Gasteiger partial charge in [0.2, 0.25) is 5.91 Å². The number of hydrogen-bond donors (Lipinski definition) is 1. The first kappa shape index (κ1) is 16.4. The SMILES string of the molecule is CC(=O)NCc1cccc([C@@H]2CCCN2C2CCCCCC2)n1. The van der Waals surface area contributed by atoms with E-state index in [0.717, 1.165) is 11.7 Å². The molecule has 1 aliphatic heterocycles. The van der Waals surface area contributed by atoms with Crippen molar-refractivity contribution in [2.45, 2.75) is 76.9 Å². The number of nitrogens with zero attached hydrogens (tertiary/aromatic N) is 2. The Hall–Kier alpha value is -1.42. The van der Waals surface area contributed by atoms with Crippen LogP contribution in [0.4, 0.5) is 0 Å². The van der Waals surface area contributed by atoms with E-state index in [4.69, 9.17) is 4.98 Å². The monoisotopic (exact) mass is 315 g/mol. The van der Waals surface area contributed by atoms with Crippen LogP contribution in [0, 0.1) is 0 Å². The molecule has 1 N–H and O–H groups in total. The zero-order valence-electron chi connectivity index (χ0n) is 14.3. The predicted octanol–water partition coefficient (Wildman–Crippen LogP) is 3.58. The topological polar surface area (TPSA) is 45.2 Å². The van der Waals surface area contributed by atoms with Crippen LogP contribution in [0.1, 0.15) is 75.7 Å². The maximum Gasteiger partial charge on any atom is 0.217 e. The fraction of sp³-hybridized carbons (Fsp3) is 0.684. The molecule has 2 heterocycles. The quantitative estimate of drug-likeness (QED) is 0.864. The summed E-state index contributed by atoms with van der Waals surface area (Å²) >= 11 is 0. The fourth-order valence-corrected chi connectivity index (χ4v) is 4.13. The Bertz CT molecular complexity index is 523. The van der Waals surface area contributed by atoms with Crippen molar-refractivity contribution >= 4 is 5.91 Å². The van der Waals surface area contributed by atoms with Crippen LogP contribution in [0.3, 0.4) is 0 Å². The zero-order valence-corrected chi connectivity index (χ0v) is 14.3. The van der Waals surface area contributed by atoms with Gasteiger partial charge in [-0.25, -0.2) is 0 Å². The average molecular weight is 315 g/mol. The van der Waals surface area contributed by atoms with Crippen LogP contribution in [0.5, 0.6) is 0 Å². The van der Waals surface area contributed by atoms with Crippen LogP contribution in [-0.2, 0) is 11.3 Å². The highest BCUT2D eigenvalue weighted by molar-refractivity contribution is 5.72. The second-order valence-corrected chi connectivity index (χ2v) is 7.00. The van der Waals surface area contributed by atoms with E-state index in [1.807, 2.05) is 6.07 Å². The molecule has 0 spiro atoms. The number of nitrogens with one attached hydrogen (secondary N) is 1. The summed E-state index contributed by atoms with van der Waals surface area (Å²) < 4.78 is 0. The van der Waals surface area contributed by atoms with Gasteiger partial charge in [-0.2, -0.15) is 0 Å². The van der Waals surface area contributed by atoms with Gasteiger partial charge in [0.15, 0.2) is 0 Å². The van der Waals surface area contributed by atoms with Gasteiger partial charge in [-0.15, -0.1) is 0 Å². The lowest BCUT2D eigenvalue weighted by molar-refractivity contribution is -0.119. The van der Waals surface area contributed by atoms with Crippen molar-refractivity contribution in [3.63, 3.8) is 0 Å². The van der Waals surface area contributed by atoms with Crippen LogP contribution in [0.25, 0.3) is 0 Å². The van der Waals surface area contributed by atoms with Gasteiger partial charge < -0.3 is 5.32 Å².